The molecule has 0 heterocycles. The van der Waals surface area contributed by atoms with E-state index in [0.717, 1.165) is 6.07 Å². The Morgan fingerprint density at radius 2 is 2.29 bits per heavy atom. The van der Waals surface area contributed by atoms with Crippen molar-refractivity contribution in [2.45, 2.75) is 19.4 Å². The molecular weight excluding hydrogens is 185 g/mol. The highest BCUT2D eigenvalue weighted by Gasteiger charge is 2.12. The number of benzene rings is 1. The molecule has 0 bridgehead atoms. The monoisotopic (exact) mass is 197 g/mol. The summed E-state index contributed by atoms with van der Waals surface area (Å²) in [6.45, 7) is 1.82. The molecule has 0 amide bonds. The molecule has 0 aromatic heterocycles. The molecule has 0 saturated heterocycles. The van der Waals surface area contributed by atoms with Gasteiger partial charge in [0.15, 0.2) is 0 Å². The maximum absolute atomic E-state index is 13.2. The molecule has 76 valence electrons. The van der Waals surface area contributed by atoms with Crippen LogP contribution in [0.3, 0.4) is 0 Å². The molecule has 0 aliphatic heterocycles. The molecule has 0 radical (unpaired) electrons. The molecule has 0 unspecified atom stereocenters. The summed E-state index contributed by atoms with van der Waals surface area (Å²) in [4.78, 5) is 10.6. The van der Waals surface area contributed by atoms with Crippen LogP contribution in [0.4, 0.5) is 4.39 Å². The minimum absolute atomic E-state index is 0.0605. The highest BCUT2D eigenvalue weighted by atomic mass is 19.1. The van der Waals surface area contributed by atoms with Crippen LogP contribution < -0.4 is 5.73 Å². The molecule has 14 heavy (non-hydrogen) atoms. The van der Waals surface area contributed by atoms with E-state index in [1.807, 2.05) is 6.92 Å². The van der Waals surface area contributed by atoms with E-state index in [9.17, 15) is 9.18 Å². The number of carbonyl (C=O) groups is 1. The van der Waals surface area contributed by atoms with E-state index >= 15 is 0 Å². The zero-order valence-electron chi connectivity index (χ0n) is 7.83. The van der Waals surface area contributed by atoms with Crippen LogP contribution in [-0.4, -0.2) is 11.1 Å². The first-order valence-electron chi connectivity index (χ1n) is 4.34. The van der Waals surface area contributed by atoms with Gasteiger partial charge in [-0.25, -0.2) is 9.18 Å². The molecule has 1 aromatic carbocycles. The summed E-state index contributed by atoms with van der Waals surface area (Å²) in [7, 11) is 0. The lowest BCUT2D eigenvalue weighted by atomic mass is 10.0. The van der Waals surface area contributed by atoms with Gasteiger partial charge in [0.2, 0.25) is 0 Å². The molecule has 3 N–H and O–H groups in total. The summed E-state index contributed by atoms with van der Waals surface area (Å²) in [5.74, 6) is -1.53. The van der Waals surface area contributed by atoms with Gasteiger partial charge in [0.05, 0.1) is 5.56 Å². The second-order valence-electron chi connectivity index (χ2n) is 3.06. The Hall–Kier alpha value is -1.42. The van der Waals surface area contributed by atoms with E-state index in [2.05, 4.69) is 0 Å². The van der Waals surface area contributed by atoms with Crippen LogP contribution >= 0.6 is 0 Å². The SMILES string of the molecule is CC[C@@H](N)c1cc(C(=O)O)ccc1F. The second kappa shape index (κ2) is 4.19. The Labute approximate surface area is 81.4 Å². The Morgan fingerprint density at radius 1 is 1.64 bits per heavy atom. The van der Waals surface area contributed by atoms with Crippen LogP contribution in [0.1, 0.15) is 35.3 Å². The van der Waals surface area contributed by atoms with Gasteiger partial charge in [-0.3, -0.25) is 0 Å². The maximum atomic E-state index is 13.2. The van der Waals surface area contributed by atoms with Crippen LogP contribution in [0.5, 0.6) is 0 Å². The van der Waals surface area contributed by atoms with Crippen molar-refractivity contribution in [2.24, 2.45) is 5.73 Å². The lowest BCUT2D eigenvalue weighted by molar-refractivity contribution is 0.0696. The molecule has 0 fully saturated rings. The van der Waals surface area contributed by atoms with E-state index in [4.69, 9.17) is 10.8 Å². The quantitative estimate of drug-likeness (QED) is 0.778. The second-order valence-corrected chi connectivity index (χ2v) is 3.06. The first kappa shape index (κ1) is 10.7. The van der Waals surface area contributed by atoms with E-state index in [1.54, 1.807) is 0 Å². The Bertz CT molecular complexity index is 352. The number of halogens is 1. The number of carboxylic acid groups (broad SMARTS) is 1. The van der Waals surface area contributed by atoms with Gasteiger partial charge >= 0.3 is 5.97 Å². The summed E-state index contributed by atoms with van der Waals surface area (Å²) in [6.07, 6.45) is 0.569. The van der Waals surface area contributed by atoms with Crippen molar-refractivity contribution in [1.29, 1.82) is 0 Å². The third-order valence-electron chi connectivity index (χ3n) is 2.08. The smallest absolute Gasteiger partial charge is 0.335 e. The van der Waals surface area contributed by atoms with Crippen LogP contribution in [-0.2, 0) is 0 Å². The number of hydrogen-bond acceptors (Lipinski definition) is 2. The molecule has 0 saturated carbocycles. The van der Waals surface area contributed by atoms with Gasteiger partial charge in [0.1, 0.15) is 5.82 Å². The number of nitrogens with two attached hydrogens (primary N) is 1. The number of carboxylic acids is 1. The number of aromatic carboxylic acids is 1. The van der Waals surface area contributed by atoms with E-state index < -0.39 is 17.8 Å². The summed E-state index contributed by atoms with van der Waals surface area (Å²) >= 11 is 0. The molecule has 1 aromatic rings. The van der Waals surface area contributed by atoms with E-state index in [0.29, 0.717) is 6.42 Å². The van der Waals surface area contributed by atoms with Crippen molar-refractivity contribution >= 4 is 5.97 Å². The number of rotatable bonds is 3. The van der Waals surface area contributed by atoms with Crippen LogP contribution in [0.15, 0.2) is 18.2 Å². The predicted octanol–water partition coefficient (Wildman–Crippen LogP) is 1.93. The lowest BCUT2D eigenvalue weighted by Crippen LogP contribution is -2.12. The topological polar surface area (TPSA) is 63.3 Å². The molecule has 0 spiro atoms. The molecule has 1 rings (SSSR count). The third-order valence-corrected chi connectivity index (χ3v) is 2.08. The third kappa shape index (κ3) is 2.09. The molecule has 1 atom stereocenters. The zero-order chi connectivity index (χ0) is 10.7. The largest absolute Gasteiger partial charge is 0.478 e. The fourth-order valence-corrected chi connectivity index (χ4v) is 1.18. The standard InChI is InChI=1S/C10H12FNO2/c1-2-9(12)7-5-6(10(13)14)3-4-8(7)11/h3-5,9H,2,12H2,1H3,(H,13,14)/t9-/m1/s1. The summed E-state index contributed by atoms with van der Waals surface area (Å²) in [5, 5.41) is 8.69. The zero-order valence-corrected chi connectivity index (χ0v) is 7.83. The average Bonchev–Trinajstić information content (AvgIpc) is 2.17. The molecule has 4 heteroatoms. The lowest BCUT2D eigenvalue weighted by Gasteiger charge is -2.10. The fraction of sp³-hybridized carbons (Fsp3) is 0.300. The van der Waals surface area contributed by atoms with Gasteiger partial charge in [-0.05, 0) is 24.6 Å². The van der Waals surface area contributed by atoms with Crippen LogP contribution in [0.2, 0.25) is 0 Å². The van der Waals surface area contributed by atoms with Crippen molar-refractivity contribution in [1.82, 2.24) is 0 Å². The summed E-state index contributed by atoms with van der Waals surface area (Å²) in [5.41, 5.74) is 5.95. The predicted molar refractivity (Wildman–Crippen MR) is 50.6 cm³/mol. The molecule has 0 aliphatic carbocycles. The van der Waals surface area contributed by atoms with Crippen LogP contribution in [0.25, 0.3) is 0 Å². The van der Waals surface area contributed by atoms with Gasteiger partial charge in [-0.1, -0.05) is 6.92 Å². The highest BCUT2D eigenvalue weighted by Crippen LogP contribution is 2.19. The summed E-state index contributed by atoms with van der Waals surface area (Å²) in [6, 6.07) is 3.19. The van der Waals surface area contributed by atoms with Gasteiger partial charge in [-0.15, -0.1) is 0 Å². The normalized spacial score (nSPS) is 12.5. The van der Waals surface area contributed by atoms with Gasteiger partial charge in [0.25, 0.3) is 0 Å². The first-order valence-corrected chi connectivity index (χ1v) is 4.34. The highest BCUT2D eigenvalue weighted by molar-refractivity contribution is 5.87. The van der Waals surface area contributed by atoms with Gasteiger partial charge < -0.3 is 10.8 Å². The first-order chi connectivity index (χ1) is 6.56. The average molecular weight is 197 g/mol. The Balaban J connectivity index is 3.14. The molecular formula is C10H12FNO2. The summed E-state index contributed by atoms with van der Waals surface area (Å²) < 4.78 is 13.2. The van der Waals surface area contributed by atoms with Gasteiger partial charge in [0, 0.05) is 11.6 Å². The Morgan fingerprint density at radius 3 is 2.79 bits per heavy atom. The van der Waals surface area contributed by atoms with Crippen molar-refractivity contribution in [3.8, 4) is 0 Å². The minimum Gasteiger partial charge on any atom is -0.478 e. The van der Waals surface area contributed by atoms with Crippen molar-refractivity contribution in [2.75, 3.05) is 0 Å². The minimum atomic E-state index is -1.07. The Kier molecular flexibility index (Phi) is 3.19. The van der Waals surface area contributed by atoms with Gasteiger partial charge in [-0.2, -0.15) is 0 Å². The van der Waals surface area contributed by atoms with Crippen molar-refractivity contribution in [3.63, 3.8) is 0 Å². The number of hydrogen-bond donors (Lipinski definition) is 2. The van der Waals surface area contributed by atoms with E-state index in [1.165, 1.54) is 12.1 Å². The van der Waals surface area contributed by atoms with Crippen LogP contribution in [0, 0.1) is 5.82 Å². The molecule has 0 aliphatic rings. The molecule has 3 nitrogen and oxygen atoms in total. The maximum Gasteiger partial charge on any atom is 0.335 e. The van der Waals surface area contributed by atoms with E-state index in [-0.39, 0.29) is 11.1 Å². The fourth-order valence-electron chi connectivity index (χ4n) is 1.18. The van der Waals surface area contributed by atoms with Crippen molar-refractivity contribution in [3.05, 3.63) is 35.1 Å². The van der Waals surface area contributed by atoms with Crippen molar-refractivity contribution < 1.29 is 14.3 Å².